The van der Waals surface area contributed by atoms with Crippen LogP contribution in [-0.4, -0.2) is 37.2 Å². The highest BCUT2D eigenvalue weighted by molar-refractivity contribution is 5.71. The SMILES string of the molecule is CC/C=C\C/C=C\C/C=C\C/C=C\CCCCC(=O)OCC(COC(=O)CCCCCCCCCCCCCCCCCCCCCCCCCCCCCCCCC)OC(=O)CCCCCCCCCCC/C=C\CCCCCCCC. The van der Waals surface area contributed by atoms with Crippen LogP contribution in [0, 0.1) is 0 Å². The number of esters is 3. The molecule has 0 saturated carbocycles. The van der Waals surface area contributed by atoms with E-state index in [1.807, 2.05) is 0 Å². The predicted octanol–water partition coefficient (Wildman–Crippen LogP) is 25.5. The van der Waals surface area contributed by atoms with E-state index in [0.717, 1.165) is 83.5 Å². The van der Waals surface area contributed by atoms with Crippen molar-refractivity contribution in [1.29, 1.82) is 0 Å². The molecule has 0 bridgehead atoms. The standard InChI is InChI=1S/C77H140O6/c1-4-7-10-13-16-19-22-25-28-30-32-33-34-35-36-37-38-39-40-41-42-43-45-46-49-52-55-58-61-64-67-70-76(79)82-73-74(72-81-75(78)69-66-63-60-57-54-51-48-27-24-21-18-15-12-9-6-3)83-77(80)71-68-65-62-59-56-53-50-47-44-31-29-26-23-20-17-14-11-8-5-2/h9,12,18,21,26-27,29,48,54,57,74H,4-8,10-11,13-17,19-20,22-25,28,30-47,49-53,55-56,58-73H2,1-3H3/b12-9-,21-18-,29-26-,48-27-,57-54-. The summed E-state index contributed by atoms with van der Waals surface area (Å²) in [4.78, 5) is 38.4. The number of carbonyl (C=O) groups is 3. The second-order valence-electron chi connectivity index (χ2n) is 24.8. The Morgan fingerprint density at radius 3 is 0.771 bits per heavy atom. The minimum absolute atomic E-state index is 0.0845. The number of hydrogen-bond donors (Lipinski definition) is 0. The number of unbranched alkanes of at least 4 members (excludes halogenated alkanes) is 47. The summed E-state index contributed by atoms with van der Waals surface area (Å²) in [5.74, 6) is -0.907. The van der Waals surface area contributed by atoms with Gasteiger partial charge in [0.1, 0.15) is 13.2 Å². The van der Waals surface area contributed by atoms with E-state index in [9.17, 15) is 14.4 Å². The molecule has 0 aliphatic heterocycles. The molecular weight excluding hydrogens is 1020 g/mol. The molecule has 0 amide bonds. The van der Waals surface area contributed by atoms with Crippen molar-refractivity contribution in [3.63, 3.8) is 0 Å². The van der Waals surface area contributed by atoms with Crippen molar-refractivity contribution >= 4 is 17.9 Å². The average Bonchev–Trinajstić information content (AvgIpc) is 3.50. The van der Waals surface area contributed by atoms with Crippen molar-refractivity contribution in [1.82, 2.24) is 0 Å². The van der Waals surface area contributed by atoms with Crippen molar-refractivity contribution in [2.75, 3.05) is 13.2 Å². The maximum Gasteiger partial charge on any atom is 0.306 e. The van der Waals surface area contributed by atoms with E-state index < -0.39 is 6.10 Å². The van der Waals surface area contributed by atoms with Crippen LogP contribution in [0.3, 0.4) is 0 Å². The smallest absolute Gasteiger partial charge is 0.306 e. The van der Waals surface area contributed by atoms with Gasteiger partial charge in [0.05, 0.1) is 0 Å². The molecule has 1 atom stereocenters. The molecule has 0 rings (SSSR count). The van der Waals surface area contributed by atoms with E-state index in [0.29, 0.717) is 19.3 Å². The van der Waals surface area contributed by atoms with Gasteiger partial charge in [-0.3, -0.25) is 14.4 Å². The van der Waals surface area contributed by atoms with Gasteiger partial charge in [0, 0.05) is 19.3 Å². The number of ether oxygens (including phenoxy) is 3. The summed E-state index contributed by atoms with van der Waals surface area (Å²) in [7, 11) is 0. The molecule has 0 N–H and O–H groups in total. The molecule has 0 aliphatic carbocycles. The minimum atomic E-state index is -0.793. The second kappa shape index (κ2) is 71.6. The first-order chi connectivity index (χ1) is 41.0. The Labute approximate surface area is 517 Å². The molecule has 83 heavy (non-hydrogen) atoms. The first-order valence-corrected chi connectivity index (χ1v) is 36.8. The van der Waals surface area contributed by atoms with Gasteiger partial charge in [-0.2, -0.15) is 0 Å². The molecule has 0 saturated heterocycles. The Morgan fingerprint density at radius 2 is 0.470 bits per heavy atom. The summed E-state index contributed by atoms with van der Waals surface area (Å²) >= 11 is 0. The highest BCUT2D eigenvalue weighted by Crippen LogP contribution is 2.19. The van der Waals surface area contributed by atoms with Crippen molar-refractivity contribution < 1.29 is 28.6 Å². The van der Waals surface area contributed by atoms with Crippen LogP contribution in [-0.2, 0) is 28.6 Å². The van der Waals surface area contributed by atoms with E-state index in [2.05, 4.69) is 81.5 Å². The lowest BCUT2D eigenvalue weighted by Gasteiger charge is -2.18. The molecule has 0 heterocycles. The lowest BCUT2D eigenvalue weighted by atomic mass is 10.0. The Balaban J connectivity index is 4.21. The molecule has 484 valence electrons. The van der Waals surface area contributed by atoms with Crippen LogP contribution in [0.2, 0.25) is 0 Å². The predicted molar refractivity (Wildman–Crippen MR) is 362 cm³/mol. The zero-order valence-electron chi connectivity index (χ0n) is 55.7. The molecule has 0 spiro atoms. The molecular formula is C77H140O6. The van der Waals surface area contributed by atoms with Crippen LogP contribution in [0.25, 0.3) is 0 Å². The van der Waals surface area contributed by atoms with Gasteiger partial charge in [0.15, 0.2) is 6.10 Å². The van der Waals surface area contributed by atoms with Crippen LogP contribution >= 0.6 is 0 Å². The number of rotatable bonds is 68. The van der Waals surface area contributed by atoms with Gasteiger partial charge >= 0.3 is 17.9 Å². The lowest BCUT2D eigenvalue weighted by molar-refractivity contribution is -0.167. The third kappa shape index (κ3) is 69.8. The summed E-state index contributed by atoms with van der Waals surface area (Å²) in [5, 5.41) is 0. The zero-order chi connectivity index (χ0) is 59.9. The molecule has 0 radical (unpaired) electrons. The Bertz CT molecular complexity index is 1470. The lowest BCUT2D eigenvalue weighted by Crippen LogP contribution is -2.30. The first-order valence-electron chi connectivity index (χ1n) is 36.8. The van der Waals surface area contributed by atoms with Gasteiger partial charge in [-0.15, -0.1) is 0 Å². The van der Waals surface area contributed by atoms with Crippen LogP contribution in [0.1, 0.15) is 393 Å². The normalized spacial score (nSPS) is 12.4. The summed E-state index contributed by atoms with van der Waals surface area (Å²) in [6.07, 6.45) is 92.8. The summed E-state index contributed by atoms with van der Waals surface area (Å²) < 4.78 is 17.0. The van der Waals surface area contributed by atoms with Crippen LogP contribution in [0.15, 0.2) is 60.8 Å². The van der Waals surface area contributed by atoms with E-state index in [4.69, 9.17) is 14.2 Å². The molecule has 1 unspecified atom stereocenters. The fourth-order valence-corrected chi connectivity index (χ4v) is 11.0. The van der Waals surface area contributed by atoms with Crippen molar-refractivity contribution in [2.45, 2.75) is 399 Å². The fourth-order valence-electron chi connectivity index (χ4n) is 11.0. The number of hydrogen-bond acceptors (Lipinski definition) is 6. The third-order valence-corrected chi connectivity index (χ3v) is 16.5. The highest BCUT2D eigenvalue weighted by Gasteiger charge is 2.19. The molecule has 0 fully saturated rings. The number of allylic oxidation sites excluding steroid dienone is 10. The Morgan fingerprint density at radius 1 is 0.253 bits per heavy atom. The van der Waals surface area contributed by atoms with Gasteiger partial charge in [-0.05, 0) is 83.5 Å². The largest absolute Gasteiger partial charge is 0.462 e. The van der Waals surface area contributed by atoms with Crippen LogP contribution in [0.4, 0.5) is 0 Å². The number of carbonyl (C=O) groups excluding carboxylic acids is 3. The average molecular weight is 1160 g/mol. The molecule has 0 aromatic heterocycles. The first kappa shape index (κ1) is 80.1. The van der Waals surface area contributed by atoms with Crippen LogP contribution < -0.4 is 0 Å². The molecule has 0 aliphatic rings. The molecule has 0 aromatic carbocycles. The monoisotopic (exact) mass is 1160 g/mol. The summed E-state index contributed by atoms with van der Waals surface area (Å²) in [6.45, 7) is 6.55. The Hall–Kier alpha value is -2.89. The highest BCUT2D eigenvalue weighted by atomic mass is 16.6. The van der Waals surface area contributed by atoms with Crippen molar-refractivity contribution in [3.05, 3.63) is 60.8 Å². The summed E-state index contributed by atoms with van der Waals surface area (Å²) in [5.41, 5.74) is 0. The Kier molecular flexibility index (Phi) is 69.1. The van der Waals surface area contributed by atoms with Gasteiger partial charge in [-0.25, -0.2) is 0 Å². The fraction of sp³-hybridized carbons (Fsp3) is 0.831. The molecule has 0 aromatic rings. The summed E-state index contributed by atoms with van der Waals surface area (Å²) in [6, 6.07) is 0. The maximum atomic E-state index is 12.9. The maximum absolute atomic E-state index is 12.9. The van der Waals surface area contributed by atoms with Crippen molar-refractivity contribution in [2.24, 2.45) is 0 Å². The van der Waals surface area contributed by atoms with E-state index in [-0.39, 0.29) is 31.1 Å². The van der Waals surface area contributed by atoms with E-state index in [1.165, 1.54) is 270 Å². The third-order valence-electron chi connectivity index (χ3n) is 16.5. The van der Waals surface area contributed by atoms with Gasteiger partial charge in [-0.1, -0.05) is 351 Å². The van der Waals surface area contributed by atoms with Crippen molar-refractivity contribution in [3.8, 4) is 0 Å². The van der Waals surface area contributed by atoms with Gasteiger partial charge in [0.25, 0.3) is 0 Å². The minimum Gasteiger partial charge on any atom is -0.462 e. The topological polar surface area (TPSA) is 78.9 Å². The molecule has 6 heteroatoms. The second-order valence-corrected chi connectivity index (χ2v) is 24.8. The molecule has 6 nitrogen and oxygen atoms in total. The van der Waals surface area contributed by atoms with Gasteiger partial charge < -0.3 is 14.2 Å². The van der Waals surface area contributed by atoms with E-state index >= 15 is 0 Å². The van der Waals surface area contributed by atoms with Gasteiger partial charge in [0.2, 0.25) is 0 Å². The quantitative estimate of drug-likeness (QED) is 0.0261. The zero-order valence-corrected chi connectivity index (χ0v) is 55.7. The van der Waals surface area contributed by atoms with Crippen LogP contribution in [0.5, 0.6) is 0 Å². The van der Waals surface area contributed by atoms with E-state index in [1.54, 1.807) is 0 Å².